The van der Waals surface area contributed by atoms with Crippen molar-refractivity contribution in [1.29, 1.82) is 0 Å². The van der Waals surface area contributed by atoms with Crippen LogP contribution in [0.5, 0.6) is 0 Å². The van der Waals surface area contributed by atoms with Crippen molar-refractivity contribution in [2.75, 3.05) is 0 Å². The highest BCUT2D eigenvalue weighted by molar-refractivity contribution is 6.22. The minimum atomic E-state index is -0.816. The van der Waals surface area contributed by atoms with Crippen molar-refractivity contribution in [3.8, 4) is 0 Å². The van der Waals surface area contributed by atoms with Crippen LogP contribution in [0.4, 0.5) is 0 Å². The van der Waals surface area contributed by atoms with Crippen LogP contribution in [0.15, 0.2) is 35.3 Å². The number of cyclic esters (lactones) is 1. The molecule has 2 atom stereocenters. The number of hydrogen-bond acceptors (Lipinski definition) is 4. The predicted molar refractivity (Wildman–Crippen MR) is 67.3 cm³/mol. The molecule has 1 fully saturated rings. The maximum atomic E-state index is 11.7. The van der Waals surface area contributed by atoms with E-state index in [1.807, 2.05) is 30.3 Å². The van der Waals surface area contributed by atoms with E-state index >= 15 is 0 Å². The van der Waals surface area contributed by atoms with Gasteiger partial charge in [-0.3, -0.25) is 14.6 Å². The predicted octanol–water partition coefficient (Wildman–Crippen LogP) is 1.78. The SMILES string of the molecule is CC(=NCc1ccccc1)[C@@H]1C(=O)O[C@@H](C)C1=O. The van der Waals surface area contributed by atoms with E-state index in [-0.39, 0.29) is 5.78 Å². The molecule has 0 radical (unpaired) electrons. The van der Waals surface area contributed by atoms with E-state index in [4.69, 9.17) is 4.74 Å². The first-order valence-electron chi connectivity index (χ1n) is 5.88. The number of ether oxygens (including phenoxy) is 1. The fourth-order valence-corrected chi connectivity index (χ4v) is 1.92. The second-order valence-corrected chi connectivity index (χ2v) is 4.36. The van der Waals surface area contributed by atoms with Gasteiger partial charge in [0, 0.05) is 5.71 Å². The molecule has 0 saturated carbocycles. The Morgan fingerprint density at radius 1 is 1.28 bits per heavy atom. The minimum Gasteiger partial charge on any atom is -0.454 e. The molecule has 0 N–H and O–H groups in total. The molecular weight excluding hydrogens is 230 g/mol. The molecule has 2 rings (SSSR count). The Morgan fingerprint density at radius 3 is 2.50 bits per heavy atom. The van der Waals surface area contributed by atoms with Crippen molar-refractivity contribution < 1.29 is 14.3 Å². The van der Waals surface area contributed by atoms with Crippen molar-refractivity contribution in [2.24, 2.45) is 10.9 Å². The van der Waals surface area contributed by atoms with Gasteiger partial charge < -0.3 is 4.74 Å². The zero-order chi connectivity index (χ0) is 13.1. The summed E-state index contributed by atoms with van der Waals surface area (Å²) in [7, 11) is 0. The summed E-state index contributed by atoms with van der Waals surface area (Å²) in [6, 6.07) is 9.69. The lowest BCUT2D eigenvalue weighted by Crippen LogP contribution is -2.25. The number of carbonyl (C=O) groups is 2. The van der Waals surface area contributed by atoms with E-state index < -0.39 is 18.0 Å². The Balaban J connectivity index is 2.10. The molecule has 94 valence electrons. The van der Waals surface area contributed by atoms with E-state index in [2.05, 4.69) is 4.99 Å². The lowest BCUT2D eigenvalue weighted by Gasteiger charge is -2.04. The van der Waals surface area contributed by atoms with E-state index in [0.29, 0.717) is 12.3 Å². The second kappa shape index (κ2) is 5.12. The summed E-state index contributed by atoms with van der Waals surface area (Å²) in [4.78, 5) is 27.6. The van der Waals surface area contributed by atoms with E-state index in [1.54, 1.807) is 13.8 Å². The molecule has 4 heteroatoms. The quantitative estimate of drug-likeness (QED) is 0.463. The third kappa shape index (κ3) is 2.47. The highest BCUT2D eigenvalue weighted by atomic mass is 16.6. The Bertz CT molecular complexity index is 493. The van der Waals surface area contributed by atoms with Crippen molar-refractivity contribution >= 4 is 17.5 Å². The van der Waals surface area contributed by atoms with Crippen LogP contribution in [0.3, 0.4) is 0 Å². The fraction of sp³-hybridized carbons (Fsp3) is 0.357. The largest absolute Gasteiger partial charge is 0.454 e. The average Bonchev–Trinajstić information content (AvgIpc) is 2.62. The van der Waals surface area contributed by atoms with Gasteiger partial charge in [-0.1, -0.05) is 30.3 Å². The van der Waals surface area contributed by atoms with Gasteiger partial charge in [0.1, 0.15) is 0 Å². The van der Waals surface area contributed by atoms with Crippen molar-refractivity contribution in [3.05, 3.63) is 35.9 Å². The molecule has 0 aromatic heterocycles. The molecule has 1 aliphatic heterocycles. The van der Waals surface area contributed by atoms with Crippen LogP contribution in [0.2, 0.25) is 0 Å². The van der Waals surface area contributed by atoms with Gasteiger partial charge in [-0.2, -0.15) is 0 Å². The second-order valence-electron chi connectivity index (χ2n) is 4.36. The number of rotatable bonds is 3. The van der Waals surface area contributed by atoms with E-state index in [9.17, 15) is 9.59 Å². The first-order chi connectivity index (χ1) is 8.59. The number of nitrogens with zero attached hydrogens (tertiary/aromatic N) is 1. The number of aliphatic imine (C=N–C) groups is 1. The molecule has 0 unspecified atom stereocenters. The summed E-state index contributed by atoms with van der Waals surface area (Å²) < 4.78 is 4.89. The van der Waals surface area contributed by atoms with Crippen LogP contribution in [-0.2, 0) is 20.9 Å². The molecule has 1 aromatic carbocycles. The monoisotopic (exact) mass is 245 g/mol. The summed E-state index contributed by atoms with van der Waals surface area (Å²) in [5, 5.41) is 0. The lowest BCUT2D eigenvalue weighted by molar-refractivity contribution is -0.142. The van der Waals surface area contributed by atoms with Crippen LogP contribution >= 0.6 is 0 Å². The molecule has 1 aliphatic rings. The number of carbonyl (C=O) groups excluding carboxylic acids is 2. The van der Waals surface area contributed by atoms with Crippen LogP contribution in [-0.4, -0.2) is 23.6 Å². The molecule has 1 aromatic rings. The molecule has 0 bridgehead atoms. The maximum Gasteiger partial charge on any atom is 0.323 e. The van der Waals surface area contributed by atoms with Crippen LogP contribution < -0.4 is 0 Å². The van der Waals surface area contributed by atoms with Crippen LogP contribution in [0.1, 0.15) is 19.4 Å². The third-order valence-corrected chi connectivity index (χ3v) is 2.99. The van der Waals surface area contributed by atoms with Crippen LogP contribution in [0.25, 0.3) is 0 Å². The highest BCUT2D eigenvalue weighted by Gasteiger charge is 2.42. The van der Waals surface area contributed by atoms with Crippen molar-refractivity contribution in [2.45, 2.75) is 26.5 Å². The summed E-state index contributed by atoms with van der Waals surface area (Å²) in [5.41, 5.74) is 1.57. The Kier molecular flexibility index (Phi) is 3.55. The molecule has 4 nitrogen and oxygen atoms in total. The van der Waals surface area contributed by atoms with Gasteiger partial charge in [0.25, 0.3) is 0 Å². The van der Waals surface area contributed by atoms with E-state index in [0.717, 1.165) is 5.56 Å². The molecule has 0 amide bonds. The molecule has 0 aliphatic carbocycles. The topological polar surface area (TPSA) is 55.7 Å². The molecular formula is C14H15NO3. The van der Waals surface area contributed by atoms with Gasteiger partial charge in [0.15, 0.2) is 17.8 Å². The van der Waals surface area contributed by atoms with E-state index in [1.165, 1.54) is 0 Å². The Morgan fingerprint density at radius 2 is 1.94 bits per heavy atom. The molecule has 18 heavy (non-hydrogen) atoms. The number of ketones is 1. The lowest BCUT2D eigenvalue weighted by atomic mass is 9.99. The molecule has 0 spiro atoms. The standard InChI is InChI=1S/C14H15NO3/c1-9(12-13(16)10(2)18-14(12)17)15-8-11-6-4-3-5-7-11/h3-7,10,12H,8H2,1-2H3/t10-,12-/m0/s1. The zero-order valence-corrected chi connectivity index (χ0v) is 10.4. The maximum absolute atomic E-state index is 11.7. The fourth-order valence-electron chi connectivity index (χ4n) is 1.92. The van der Waals surface area contributed by atoms with Crippen molar-refractivity contribution in [3.63, 3.8) is 0 Å². The van der Waals surface area contributed by atoms with Gasteiger partial charge in [0.2, 0.25) is 0 Å². The smallest absolute Gasteiger partial charge is 0.323 e. The average molecular weight is 245 g/mol. The van der Waals surface area contributed by atoms with Gasteiger partial charge in [-0.05, 0) is 19.4 Å². The highest BCUT2D eigenvalue weighted by Crippen LogP contribution is 2.19. The number of hydrogen-bond donors (Lipinski definition) is 0. The molecule has 1 saturated heterocycles. The zero-order valence-electron chi connectivity index (χ0n) is 10.4. The molecule has 1 heterocycles. The third-order valence-electron chi connectivity index (χ3n) is 2.99. The van der Waals surface area contributed by atoms with Crippen LogP contribution in [0, 0.1) is 5.92 Å². The minimum absolute atomic E-state index is 0.200. The Hall–Kier alpha value is -1.97. The van der Waals surface area contributed by atoms with Crippen molar-refractivity contribution in [1.82, 2.24) is 0 Å². The Labute approximate surface area is 106 Å². The first-order valence-corrected chi connectivity index (χ1v) is 5.88. The summed E-state index contributed by atoms with van der Waals surface area (Å²) in [5.74, 6) is -1.50. The summed E-state index contributed by atoms with van der Waals surface area (Å²) in [6.07, 6.45) is -0.649. The normalized spacial score (nSPS) is 24.2. The summed E-state index contributed by atoms with van der Waals surface area (Å²) >= 11 is 0. The number of benzene rings is 1. The van der Waals surface area contributed by atoms with Gasteiger partial charge in [-0.15, -0.1) is 0 Å². The van der Waals surface area contributed by atoms with Gasteiger partial charge in [0.05, 0.1) is 6.54 Å². The number of esters is 1. The van der Waals surface area contributed by atoms with Gasteiger partial charge >= 0.3 is 5.97 Å². The van der Waals surface area contributed by atoms with Gasteiger partial charge in [-0.25, -0.2) is 0 Å². The number of Topliss-reactive ketones (excluding diaryl/α,β-unsaturated/α-hetero) is 1. The summed E-state index contributed by atoms with van der Waals surface area (Å²) in [6.45, 7) is 3.76. The first kappa shape index (κ1) is 12.5.